The van der Waals surface area contributed by atoms with Gasteiger partial charge in [-0.25, -0.2) is 0 Å². The smallest absolute Gasteiger partial charge is 0.365 e. The molecule has 0 saturated carbocycles. The van der Waals surface area contributed by atoms with Crippen molar-refractivity contribution in [2.75, 3.05) is 0 Å². The predicted molar refractivity (Wildman–Crippen MR) is 54.0 cm³/mol. The van der Waals surface area contributed by atoms with Gasteiger partial charge in [-0.3, -0.25) is 13.9 Å². The topological polar surface area (TPSA) is 101 Å². The van der Waals surface area contributed by atoms with Crippen LogP contribution in [0.15, 0.2) is 29.2 Å². The van der Waals surface area contributed by atoms with Crippen molar-refractivity contribution in [3.8, 4) is 0 Å². The Hall–Kier alpha value is -1.02. The molecule has 0 aromatic heterocycles. The minimum absolute atomic E-state index is 0.105. The summed E-state index contributed by atoms with van der Waals surface area (Å²) in [6.45, 7) is 0. The third kappa shape index (κ3) is 3.04. The van der Waals surface area contributed by atoms with Gasteiger partial charge >= 0.3 is 19.4 Å². The van der Waals surface area contributed by atoms with Crippen molar-refractivity contribution in [3.63, 3.8) is 0 Å². The fraction of sp³-hybridized carbons (Fsp3) is 0. The van der Waals surface area contributed by atoms with Crippen molar-refractivity contribution in [3.05, 3.63) is 29.8 Å². The number of rotatable bonds is 2. The van der Waals surface area contributed by atoms with Crippen molar-refractivity contribution in [2.24, 2.45) is 5.73 Å². The fourth-order valence-corrected chi connectivity index (χ4v) is 2.62. The van der Waals surface area contributed by atoms with Gasteiger partial charge in [0.15, 0.2) is 0 Å². The van der Waals surface area contributed by atoms with Gasteiger partial charge in [-0.15, -0.1) is 0 Å². The zero-order valence-corrected chi connectivity index (χ0v) is 8.55. The Morgan fingerprint density at radius 1 is 1.36 bits per heavy atom. The largest absolute Gasteiger partial charge is 0.436 e. The molecule has 0 unspecified atom stereocenters. The van der Waals surface area contributed by atoms with E-state index in [1.54, 1.807) is 12.1 Å². The average Bonchev–Trinajstić information content (AvgIpc) is 2.01. The van der Waals surface area contributed by atoms with Gasteiger partial charge in [0.2, 0.25) is 0 Å². The van der Waals surface area contributed by atoms with E-state index in [9.17, 15) is 9.00 Å². The molecule has 5 nitrogen and oxygen atoms in total. The van der Waals surface area contributed by atoms with E-state index in [0.717, 1.165) is 0 Å². The maximum atomic E-state index is 10.9. The summed E-state index contributed by atoms with van der Waals surface area (Å²) < 4.78 is 28.0. The Balaban J connectivity index is 3.36. The fourth-order valence-electron chi connectivity index (χ4n) is 0.860. The molecule has 76 valence electrons. The highest BCUT2D eigenvalue weighted by molar-refractivity contribution is 8.34. The third-order valence-electron chi connectivity index (χ3n) is 1.35. The SMILES string of the molecule is NC(=O)c1ccccc1[S+]=S(=O)(O)O. The molecule has 0 aliphatic heterocycles. The number of primary amides is 1. The Labute approximate surface area is 84.2 Å². The monoisotopic (exact) mass is 234 g/mol. The minimum Gasteiger partial charge on any atom is -0.365 e. The Bertz CT molecular complexity index is 468. The summed E-state index contributed by atoms with van der Waals surface area (Å²) in [5.74, 6) is -0.711. The molecule has 1 aromatic rings. The van der Waals surface area contributed by atoms with Crippen LogP contribution in [-0.2, 0) is 19.4 Å². The Kier molecular flexibility index (Phi) is 3.17. The van der Waals surface area contributed by atoms with E-state index in [2.05, 4.69) is 0 Å². The number of benzene rings is 1. The minimum atomic E-state index is -3.97. The first-order valence-corrected chi connectivity index (χ1v) is 6.28. The van der Waals surface area contributed by atoms with Crippen molar-refractivity contribution < 1.29 is 18.1 Å². The second-order valence-electron chi connectivity index (χ2n) is 2.39. The Morgan fingerprint density at radius 2 is 1.93 bits per heavy atom. The number of hydrogen-bond donors (Lipinski definition) is 3. The molecule has 4 N–H and O–H groups in total. The highest BCUT2D eigenvalue weighted by Crippen LogP contribution is 2.09. The van der Waals surface area contributed by atoms with Gasteiger partial charge < -0.3 is 5.73 Å². The van der Waals surface area contributed by atoms with Crippen molar-refractivity contribution >= 4 is 25.3 Å². The molecule has 0 fully saturated rings. The maximum Gasteiger partial charge on any atom is 0.436 e. The van der Waals surface area contributed by atoms with Crippen LogP contribution >= 0.6 is 0 Å². The molecule has 14 heavy (non-hydrogen) atoms. The summed E-state index contributed by atoms with van der Waals surface area (Å²) in [5, 5.41) is 0. The molecule has 7 heteroatoms. The second-order valence-corrected chi connectivity index (χ2v) is 5.70. The molecule has 1 rings (SSSR count). The van der Waals surface area contributed by atoms with E-state index in [1.165, 1.54) is 12.1 Å². The lowest BCUT2D eigenvalue weighted by Gasteiger charge is -1.91. The van der Waals surface area contributed by atoms with Crippen LogP contribution in [0.2, 0.25) is 0 Å². The Morgan fingerprint density at radius 3 is 2.43 bits per heavy atom. The van der Waals surface area contributed by atoms with E-state index in [-0.39, 0.29) is 10.5 Å². The summed E-state index contributed by atoms with van der Waals surface area (Å²) in [7, 11) is -3.68. The van der Waals surface area contributed by atoms with Crippen molar-refractivity contribution in [1.82, 2.24) is 0 Å². The highest BCUT2D eigenvalue weighted by Gasteiger charge is 2.20. The number of carbonyl (C=O) groups excluding carboxylic acids is 1. The van der Waals surface area contributed by atoms with Gasteiger partial charge in [0.1, 0.15) is 5.56 Å². The lowest BCUT2D eigenvalue weighted by atomic mass is 10.2. The van der Waals surface area contributed by atoms with E-state index in [1.807, 2.05) is 0 Å². The number of hydrogen-bond acceptors (Lipinski definition) is 2. The standard InChI is InChI=1S/C7H7NO4S2/c8-7(9)5-3-1-2-4-6(5)13-14(10,11)12/h1-4H,(H3-,8,9,10,11,12)/p+1. The first-order valence-electron chi connectivity index (χ1n) is 3.47. The summed E-state index contributed by atoms with van der Waals surface area (Å²) in [6.07, 6.45) is 0. The van der Waals surface area contributed by atoms with Gasteiger partial charge in [-0.05, 0) is 6.07 Å². The normalized spacial score (nSPS) is 11.0. The van der Waals surface area contributed by atoms with Crippen LogP contribution < -0.4 is 5.73 Å². The summed E-state index contributed by atoms with van der Waals surface area (Å²) in [4.78, 5) is 11.0. The molecule has 1 aromatic carbocycles. The van der Waals surface area contributed by atoms with Crippen LogP contribution in [0, 0.1) is 0 Å². The maximum absolute atomic E-state index is 10.9. The molecule has 0 aliphatic rings. The van der Waals surface area contributed by atoms with Gasteiger partial charge in [0, 0.05) is 6.07 Å². The van der Waals surface area contributed by atoms with E-state index < -0.39 is 15.0 Å². The molecule has 0 radical (unpaired) electrons. The number of nitrogens with two attached hydrogens (primary N) is 1. The van der Waals surface area contributed by atoms with Crippen LogP contribution in [0.1, 0.15) is 10.4 Å². The predicted octanol–water partition coefficient (Wildman–Crippen LogP) is 0.372. The van der Waals surface area contributed by atoms with Crippen LogP contribution in [0.25, 0.3) is 0 Å². The van der Waals surface area contributed by atoms with Crippen molar-refractivity contribution in [2.45, 2.75) is 4.90 Å². The molecule has 0 saturated heterocycles. The van der Waals surface area contributed by atoms with Gasteiger partial charge in [0.05, 0.1) is 0 Å². The molecule has 0 atom stereocenters. The third-order valence-corrected chi connectivity index (χ3v) is 3.29. The second kappa shape index (κ2) is 4.01. The molecular formula is C7H8NO4S2+. The van der Waals surface area contributed by atoms with E-state index in [0.29, 0.717) is 10.3 Å². The van der Waals surface area contributed by atoms with Crippen LogP contribution in [-0.4, -0.2) is 19.2 Å². The van der Waals surface area contributed by atoms with Gasteiger partial charge in [-0.2, -0.15) is 4.21 Å². The number of amides is 1. The molecule has 0 bridgehead atoms. The first-order chi connectivity index (χ1) is 6.40. The molecular weight excluding hydrogens is 226 g/mol. The van der Waals surface area contributed by atoms with E-state index in [4.69, 9.17) is 14.8 Å². The zero-order chi connectivity index (χ0) is 10.8. The van der Waals surface area contributed by atoms with Crippen LogP contribution in [0.3, 0.4) is 0 Å². The summed E-state index contributed by atoms with van der Waals surface area (Å²) in [6, 6.07) is 5.98. The zero-order valence-electron chi connectivity index (χ0n) is 6.91. The van der Waals surface area contributed by atoms with Gasteiger partial charge in [-0.1, -0.05) is 12.1 Å². The average molecular weight is 234 g/mol. The highest BCUT2D eigenvalue weighted by atomic mass is 32.9. The molecule has 1 amide bonds. The molecule has 0 spiro atoms. The quantitative estimate of drug-likeness (QED) is 0.643. The van der Waals surface area contributed by atoms with Crippen molar-refractivity contribution in [1.29, 1.82) is 0 Å². The van der Waals surface area contributed by atoms with Crippen LogP contribution in [0.5, 0.6) is 0 Å². The lowest BCUT2D eigenvalue weighted by Crippen LogP contribution is -2.13. The molecule has 0 heterocycles. The molecule has 0 aliphatic carbocycles. The van der Waals surface area contributed by atoms with E-state index >= 15 is 0 Å². The first kappa shape index (κ1) is 11.1. The summed E-state index contributed by atoms with van der Waals surface area (Å²) >= 11 is 0. The number of carbonyl (C=O) groups is 1. The lowest BCUT2D eigenvalue weighted by molar-refractivity contribution is 0.0997. The summed E-state index contributed by atoms with van der Waals surface area (Å²) in [5.41, 5.74) is 5.13. The van der Waals surface area contributed by atoms with Gasteiger partial charge in [0.25, 0.3) is 10.8 Å². The van der Waals surface area contributed by atoms with Crippen LogP contribution in [0.4, 0.5) is 0 Å².